The summed E-state index contributed by atoms with van der Waals surface area (Å²) in [5.74, 6) is -0.953. The van der Waals surface area contributed by atoms with Crippen LogP contribution in [0.25, 0.3) is 0 Å². The molecular weight excluding hydrogens is 1210 g/mol. The Morgan fingerprint density at radius 3 is 1.48 bits per heavy atom. The van der Waals surface area contributed by atoms with E-state index in [1.54, 1.807) is 48.2 Å². The molecule has 0 bridgehead atoms. The summed E-state index contributed by atoms with van der Waals surface area (Å²) in [6.07, 6.45) is 1.32. The fraction of sp³-hybridized carbons (Fsp3) is 0.159. The smallest absolute Gasteiger partial charge is 0.306 e. The quantitative estimate of drug-likeness (QED) is 0.0740. The molecule has 0 fully saturated rings. The van der Waals surface area contributed by atoms with Crippen LogP contribution in [-0.4, -0.2) is 84.8 Å². The Balaban J connectivity index is 0.000000186. The van der Waals surface area contributed by atoms with Gasteiger partial charge < -0.3 is 34.3 Å². The number of carbonyl (C=O) groups is 5. The Kier molecular flexibility index (Phi) is 27.6. The first-order valence-corrected chi connectivity index (χ1v) is 29.3. The van der Waals surface area contributed by atoms with Gasteiger partial charge in [-0.15, -0.1) is 12.6 Å². The second-order valence-electron chi connectivity index (χ2n) is 17.4. The highest BCUT2D eigenvalue weighted by atomic mass is 79.9. The fourth-order valence-corrected chi connectivity index (χ4v) is 9.78. The number of ether oxygens (including phenoxy) is 4. The van der Waals surface area contributed by atoms with Crippen LogP contribution in [0.5, 0.6) is 28.7 Å². The third kappa shape index (κ3) is 23.1. The van der Waals surface area contributed by atoms with E-state index in [1.807, 2.05) is 66.7 Å². The van der Waals surface area contributed by atoms with E-state index < -0.39 is 33.4 Å². The SMILES string of the molecule is O=C(O)CCBr.O=C(O)CCOc1cccc(F)c1.O=C1CCOc2cc(F)ccc21.O=C1CCOc2cc(S(=O)(=O)c3ccccc3)ccc21.O=C1CCOc2cc(Sc3ccccc3)ccc21.Oc1cccc(F)c1.Sc1ccccc1. The van der Waals surface area contributed by atoms with Crippen LogP contribution in [0.1, 0.15) is 63.2 Å². The van der Waals surface area contributed by atoms with E-state index >= 15 is 0 Å². The molecule has 8 aromatic carbocycles. The van der Waals surface area contributed by atoms with Gasteiger partial charge in [0.25, 0.3) is 0 Å². The number of aromatic hydroxyl groups is 1. The zero-order chi connectivity index (χ0) is 60.9. The average Bonchev–Trinajstić information content (AvgIpc) is 3.66. The summed E-state index contributed by atoms with van der Waals surface area (Å²) in [7, 11) is -3.58. The second kappa shape index (κ2) is 34.9. The molecule has 0 unspecified atom stereocenters. The van der Waals surface area contributed by atoms with Crippen molar-refractivity contribution in [3.05, 3.63) is 228 Å². The van der Waals surface area contributed by atoms with Crippen LogP contribution in [0.2, 0.25) is 0 Å². The van der Waals surface area contributed by atoms with Crippen molar-refractivity contribution in [3.8, 4) is 28.7 Å². The molecule has 0 aromatic heterocycles. The molecule has 3 aliphatic rings. The van der Waals surface area contributed by atoms with Crippen molar-refractivity contribution < 1.29 is 79.8 Å². The van der Waals surface area contributed by atoms with Crippen molar-refractivity contribution >= 4 is 79.4 Å². The Morgan fingerprint density at radius 2 is 1.00 bits per heavy atom. The predicted molar refractivity (Wildman–Crippen MR) is 317 cm³/mol. The van der Waals surface area contributed by atoms with Gasteiger partial charge in [-0.2, -0.15) is 0 Å². The van der Waals surface area contributed by atoms with Crippen molar-refractivity contribution in [3.63, 3.8) is 0 Å². The summed E-state index contributed by atoms with van der Waals surface area (Å²) in [5, 5.41) is 25.3. The largest absolute Gasteiger partial charge is 0.508 e. The number of Topliss-reactive ketones (excluding diaryl/α,β-unsaturated/α-hetero) is 3. The number of phenolic OH excluding ortho intramolecular Hbond substituents is 1. The summed E-state index contributed by atoms with van der Waals surface area (Å²) < 4.78 is 83.1. The molecule has 11 rings (SSSR count). The number of halogens is 4. The van der Waals surface area contributed by atoms with Gasteiger partial charge in [0.1, 0.15) is 46.2 Å². The highest BCUT2D eigenvalue weighted by Crippen LogP contribution is 2.34. The number of carboxylic acids is 2. The number of ketones is 3. The molecule has 0 saturated heterocycles. The number of phenols is 1. The third-order valence-electron chi connectivity index (χ3n) is 11.1. The maximum atomic E-state index is 12.6. The van der Waals surface area contributed by atoms with Crippen molar-refractivity contribution in [2.24, 2.45) is 0 Å². The normalized spacial score (nSPS) is 12.3. The lowest BCUT2D eigenvalue weighted by molar-refractivity contribution is -0.138. The minimum Gasteiger partial charge on any atom is -0.508 e. The first-order chi connectivity index (χ1) is 40.3. The minimum absolute atomic E-state index is 0.0186. The lowest BCUT2D eigenvalue weighted by Crippen LogP contribution is -2.16. The standard InChI is InChI=1S/C15H12O4S.C15H12O2S.C9H9FO3.C9H7FO2.C6H5FO.C6H6S.C3H5BrO2/c16-14-8-9-19-15-10-12(6-7-13(14)15)20(17,18)11-4-2-1-3-5-11;16-14-8-9-17-15-10-12(6-7-13(14)15)18-11-4-2-1-3-5-11;10-7-2-1-3-8(6-7)13-5-4-9(11)12;10-6-1-2-7-8(11)3-4-12-9(7)5-6;7-5-2-1-3-6(8)4-5;7-6-4-2-1-3-5-6;4-2-1-3(5)6/h1-7,10H,8-9H2;1-7,10H,8-9H2;1-3,6H,4-5H2,(H,11,12);1-2,5H,3-4H2;1-4,8H;1-5,7H;1-2H2,(H,5,6). The van der Waals surface area contributed by atoms with Crippen molar-refractivity contribution in [1.29, 1.82) is 0 Å². The number of carboxylic acid groups (broad SMARTS) is 2. The number of aliphatic carboxylic acids is 2. The zero-order valence-electron chi connectivity index (χ0n) is 44.7. The van der Waals surface area contributed by atoms with Gasteiger partial charge in [-0.1, -0.05) is 94.4 Å². The van der Waals surface area contributed by atoms with Gasteiger partial charge >= 0.3 is 11.9 Å². The summed E-state index contributed by atoms with van der Waals surface area (Å²) in [4.78, 5) is 57.9. The van der Waals surface area contributed by atoms with E-state index in [2.05, 4.69) is 40.7 Å². The van der Waals surface area contributed by atoms with E-state index in [9.17, 15) is 45.6 Å². The zero-order valence-corrected chi connectivity index (χ0v) is 48.8. The molecule has 438 valence electrons. The Bertz CT molecular complexity index is 3550. The first-order valence-electron chi connectivity index (χ1n) is 25.5. The number of thiol groups is 1. The van der Waals surface area contributed by atoms with Gasteiger partial charge in [-0.05, 0) is 109 Å². The lowest BCUT2D eigenvalue weighted by atomic mass is 10.1. The number of benzene rings is 8. The number of fused-ring (bicyclic) bond motifs is 3. The highest BCUT2D eigenvalue weighted by Gasteiger charge is 2.24. The number of sulfone groups is 1. The van der Waals surface area contributed by atoms with Gasteiger partial charge in [0.2, 0.25) is 9.84 Å². The highest BCUT2D eigenvalue weighted by molar-refractivity contribution is 9.09. The van der Waals surface area contributed by atoms with Crippen molar-refractivity contribution in [2.45, 2.75) is 56.6 Å². The fourth-order valence-electron chi connectivity index (χ4n) is 7.10. The van der Waals surface area contributed by atoms with Gasteiger partial charge in [-0.3, -0.25) is 24.0 Å². The van der Waals surface area contributed by atoms with E-state index in [-0.39, 0.29) is 58.2 Å². The molecule has 0 amide bonds. The molecule has 3 heterocycles. The minimum atomic E-state index is -3.58. The van der Waals surface area contributed by atoms with E-state index in [4.69, 9.17) is 34.3 Å². The van der Waals surface area contributed by atoms with E-state index in [0.717, 1.165) is 15.9 Å². The van der Waals surface area contributed by atoms with Crippen LogP contribution >= 0.6 is 40.3 Å². The summed E-state index contributed by atoms with van der Waals surface area (Å²) in [6, 6.07) is 53.1. The molecule has 0 radical (unpaired) electrons. The molecule has 0 aliphatic carbocycles. The van der Waals surface area contributed by atoms with Gasteiger partial charge in [0.05, 0.1) is 65.8 Å². The molecule has 21 heteroatoms. The van der Waals surface area contributed by atoms with Gasteiger partial charge in [-0.25, -0.2) is 21.6 Å². The van der Waals surface area contributed by atoms with Crippen LogP contribution < -0.4 is 18.9 Å². The average molecular weight is 1270 g/mol. The number of hydrogen-bond acceptors (Lipinski definition) is 14. The van der Waals surface area contributed by atoms with Crippen LogP contribution in [0.15, 0.2) is 219 Å². The molecule has 8 aromatic rings. The molecule has 3 aliphatic heterocycles. The summed E-state index contributed by atoms with van der Waals surface area (Å²) in [6.45, 7) is 1.19. The number of alkyl halides is 1. The van der Waals surface area contributed by atoms with Crippen molar-refractivity contribution in [2.75, 3.05) is 31.8 Å². The van der Waals surface area contributed by atoms with Crippen LogP contribution in [0, 0.1) is 17.5 Å². The molecule has 0 spiro atoms. The van der Waals surface area contributed by atoms with Gasteiger partial charge in [0, 0.05) is 57.5 Å². The number of hydrogen-bond donors (Lipinski definition) is 4. The molecule has 0 saturated carbocycles. The Morgan fingerprint density at radius 1 is 0.524 bits per heavy atom. The first kappa shape index (κ1) is 66.4. The topological polar surface area (TPSA) is 217 Å². The molecule has 3 N–H and O–H groups in total. The summed E-state index contributed by atoms with van der Waals surface area (Å²) in [5.41, 5.74) is 1.64. The lowest BCUT2D eigenvalue weighted by Gasteiger charge is -2.17. The van der Waals surface area contributed by atoms with E-state index in [1.165, 1.54) is 77.7 Å². The number of rotatable bonds is 10. The second-order valence-corrected chi connectivity index (χ2v) is 21.8. The van der Waals surface area contributed by atoms with Crippen LogP contribution in [-0.2, 0) is 19.4 Å². The number of carbonyl (C=O) groups excluding carboxylic acids is 3. The maximum absolute atomic E-state index is 12.6. The monoisotopic (exact) mass is 1270 g/mol. The van der Waals surface area contributed by atoms with Crippen LogP contribution in [0.3, 0.4) is 0 Å². The molecule has 0 atom stereocenters. The third-order valence-corrected chi connectivity index (χ3v) is 14.6. The molecule has 84 heavy (non-hydrogen) atoms. The maximum Gasteiger partial charge on any atom is 0.306 e. The molecule has 14 nitrogen and oxygen atoms in total. The Labute approximate surface area is 501 Å². The van der Waals surface area contributed by atoms with Crippen molar-refractivity contribution in [1.82, 2.24) is 0 Å². The van der Waals surface area contributed by atoms with E-state index in [0.29, 0.717) is 84.1 Å². The summed E-state index contributed by atoms with van der Waals surface area (Å²) >= 11 is 8.72. The molecular formula is C63H56BrF3O14S3. The van der Waals surface area contributed by atoms with Gasteiger partial charge in [0.15, 0.2) is 17.3 Å². The predicted octanol–water partition coefficient (Wildman–Crippen LogP) is 14.1. The Hall–Kier alpha value is -8.37. The van der Waals surface area contributed by atoms with Crippen LogP contribution in [0.4, 0.5) is 13.2 Å².